The Kier molecular flexibility index (Phi) is 3.56. The van der Waals surface area contributed by atoms with E-state index in [1.165, 1.54) is 0 Å². The Hall–Kier alpha value is -2.07. The summed E-state index contributed by atoms with van der Waals surface area (Å²) in [5, 5.41) is 2.99. The summed E-state index contributed by atoms with van der Waals surface area (Å²) in [6, 6.07) is 11.5. The first-order valence-corrected chi connectivity index (χ1v) is 6.70. The Morgan fingerprint density at radius 2 is 2.20 bits per heavy atom. The normalized spacial score (nSPS) is 20.6. The molecule has 1 aromatic heterocycles. The predicted molar refractivity (Wildman–Crippen MR) is 75.3 cm³/mol. The third-order valence-corrected chi connectivity index (χ3v) is 3.61. The number of carbonyl (C=O) groups is 1. The fourth-order valence-electron chi connectivity index (χ4n) is 2.45. The standard InChI is InChI=1S/C16H17NO3/c1-19-10-11-5-2-3-6-14(11)17-16(18)13-9-12(13)15-7-4-8-20-15/h2-8,12-13H,9-10H2,1H3,(H,17,18). The van der Waals surface area contributed by atoms with Gasteiger partial charge < -0.3 is 14.5 Å². The first-order valence-electron chi connectivity index (χ1n) is 6.70. The average molecular weight is 271 g/mol. The van der Waals surface area contributed by atoms with Crippen LogP contribution in [0, 0.1) is 5.92 Å². The third kappa shape index (κ3) is 2.60. The Morgan fingerprint density at radius 1 is 1.35 bits per heavy atom. The van der Waals surface area contributed by atoms with E-state index in [2.05, 4.69) is 5.32 Å². The van der Waals surface area contributed by atoms with Crippen LogP contribution in [0.25, 0.3) is 0 Å². The molecule has 0 saturated heterocycles. The van der Waals surface area contributed by atoms with Gasteiger partial charge in [0.15, 0.2) is 0 Å². The van der Waals surface area contributed by atoms with Gasteiger partial charge in [-0.25, -0.2) is 0 Å². The van der Waals surface area contributed by atoms with Crippen LogP contribution in [0.2, 0.25) is 0 Å². The summed E-state index contributed by atoms with van der Waals surface area (Å²) in [4.78, 5) is 12.2. The zero-order valence-corrected chi connectivity index (χ0v) is 11.3. The second-order valence-corrected chi connectivity index (χ2v) is 5.04. The SMILES string of the molecule is COCc1ccccc1NC(=O)C1CC1c1ccco1. The van der Waals surface area contributed by atoms with E-state index in [-0.39, 0.29) is 17.7 Å². The molecular weight excluding hydrogens is 254 g/mol. The lowest BCUT2D eigenvalue weighted by molar-refractivity contribution is -0.117. The molecule has 1 heterocycles. The molecule has 2 atom stereocenters. The Labute approximate surface area is 117 Å². The number of anilines is 1. The van der Waals surface area contributed by atoms with Crippen LogP contribution < -0.4 is 5.32 Å². The van der Waals surface area contributed by atoms with Crippen LogP contribution in [0.3, 0.4) is 0 Å². The van der Waals surface area contributed by atoms with Gasteiger partial charge >= 0.3 is 0 Å². The summed E-state index contributed by atoms with van der Waals surface area (Å²) in [6.45, 7) is 0.489. The van der Waals surface area contributed by atoms with Crippen molar-refractivity contribution in [3.63, 3.8) is 0 Å². The average Bonchev–Trinajstić information content (AvgIpc) is 3.08. The summed E-state index contributed by atoms with van der Waals surface area (Å²) >= 11 is 0. The number of hydrogen-bond donors (Lipinski definition) is 1. The first-order chi connectivity index (χ1) is 9.79. The molecule has 0 spiro atoms. The van der Waals surface area contributed by atoms with E-state index < -0.39 is 0 Å². The summed E-state index contributed by atoms with van der Waals surface area (Å²) in [5.41, 5.74) is 1.81. The van der Waals surface area contributed by atoms with E-state index in [4.69, 9.17) is 9.15 Å². The van der Waals surface area contributed by atoms with Gasteiger partial charge in [-0.15, -0.1) is 0 Å². The highest BCUT2D eigenvalue weighted by Crippen LogP contribution is 2.48. The van der Waals surface area contributed by atoms with Crippen molar-refractivity contribution in [2.75, 3.05) is 12.4 Å². The lowest BCUT2D eigenvalue weighted by atomic mass is 10.1. The molecule has 104 valence electrons. The highest BCUT2D eigenvalue weighted by molar-refractivity contribution is 5.95. The van der Waals surface area contributed by atoms with E-state index in [9.17, 15) is 4.79 Å². The maximum Gasteiger partial charge on any atom is 0.228 e. The molecule has 2 unspecified atom stereocenters. The maximum atomic E-state index is 12.2. The van der Waals surface area contributed by atoms with E-state index in [1.54, 1.807) is 13.4 Å². The molecule has 1 aliphatic rings. The van der Waals surface area contributed by atoms with Gasteiger partial charge in [0, 0.05) is 30.2 Å². The molecule has 1 fully saturated rings. The van der Waals surface area contributed by atoms with Crippen molar-refractivity contribution < 1.29 is 13.9 Å². The molecule has 1 aliphatic carbocycles. The third-order valence-electron chi connectivity index (χ3n) is 3.61. The lowest BCUT2D eigenvalue weighted by Gasteiger charge is -2.10. The number of para-hydroxylation sites is 1. The molecule has 1 N–H and O–H groups in total. The predicted octanol–water partition coefficient (Wildman–Crippen LogP) is 3.17. The van der Waals surface area contributed by atoms with Crippen LogP contribution in [0.15, 0.2) is 47.1 Å². The van der Waals surface area contributed by atoms with Gasteiger partial charge in [-0.05, 0) is 24.6 Å². The topological polar surface area (TPSA) is 51.5 Å². The van der Waals surface area contributed by atoms with Crippen LogP contribution in [0.4, 0.5) is 5.69 Å². The van der Waals surface area contributed by atoms with E-state index in [1.807, 2.05) is 36.4 Å². The Bertz CT molecular complexity index is 592. The molecule has 1 aromatic carbocycles. The van der Waals surface area contributed by atoms with Crippen molar-refractivity contribution in [3.8, 4) is 0 Å². The molecular formula is C16H17NO3. The highest BCUT2D eigenvalue weighted by Gasteiger charge is 2.45. The number of methoxy groups -OCH3 is 1. The molecule has 4 nitrogen and oxygen atoms in total. The monoisotopic (exact) mass is 271 g/mol. The molecule has 0 radical (unpaired) electrons. The van der Waals surface area contributed by atoms with Crippen molar-refractivity contribution in [2.45, 2.75) is 18.9 Å². The van der Waals surface area contributed by atoms with Gasteiger partial charge in [0.2, 0.25) is 5.91 Å². The zero-order valence-electron chi connectivity index (χ0n) is 11.3. The van der Waals surface area contributed by atoms with Crippen LogP contribution in [0.1, 0.15) is 23.7 Å². The number of nitrogens with one attached hydrogen (secondary N) is 1. The summed E-state index contributed by atoms with van der Waals surface area (Å²) in [6.07, 6.45) is 2.50. The van der Waals surface area contributed by atoms with E-state index >= 15 is 0 Å². The van der Waals surface area contributed by atoms with Gasteiger partial charge in [-0.2, -0.15) is 0 Å². The van der Waals surface area contributed by atoms with Crippen LogP contribution in [0.5, 0.6) is 0 Å². The van der Waals surface area contributed by atoms with Crippen molar-refractivity contribution in [1.82, 2.24) is 0 Å². The van der Waals surface area contributed by atoms with Crippen molar-refractivity contribution in [2.24, 2.45) is 5.92 Å². The van der Waals surface area contributed by atoms with Crippen molar-refractivity contribution in [3.05, 3.63) is 54.0 Å². The number of amides is 1. The zero-order chi connectivity index (χ0) is 13.9. The minimum Gasteiger partial charge on any atom is -0.469 e. The Balaban J connectivity index is 1.66. The van der Waals surface area contributed by atoms with E-state index in [0.717, 1.165) is 23.4 Å². The van der Waals surface area contributed by atoms with Crippen molar-refractivity contribution >= 4 is 11.6 Å². The van der Waals surface area contributed by atoms with Gasteiger partial charge in [0.25, 0.3) is 0 Å². The number of rotatable bonds is 5. The smallest absolute Gasteiger partial charge is 0.228 e. The van der Waals surface area contributed by atoms with Crippen molar-refractivity contribution in [1.29, 1.82) is 0 Å². The minimum absolute atomic E-state index is 0.0109. The molecule has 20 heavy (non-hydrogen) atoms. The first kappa shape index (κ1) is 12.9. The quantitative estimate of drug-likeness (QED) is 0.908. The summed E-state index contributed by atoms with van der Waals surface area (Å²) in [7, 11) is 1.65. The van der Waals surface area contributed by atoms with Gasteiger partial charge in [-0.3, -0.25) is 4.79 Å². The molecule has 4 heteroatoms. The minimum atomic E-state index is 0.0109. The summed E-state index contributed by atoms with van der Waals surface area (Å²) < 4.78 is 10.5. The second kappa shape index (κ2) is 5.51. The molecule has 1 amide bonds. The number of furan rings is 1. The number of carbonyl (C=O) groups excluding carboxylic acids is 1. The fourth-order valence-corrected chi connectivity index (χ4v) is 2.45. The molecule has 2 aromatic rings. The second-order valence-electron chi connectivity index (χ2n) is 5.04. The van der Waals surface area contributed by atoms with Gasteiger partial charge in [-0.1, -0.05) is 18.2 Å². The number of benzene rings is 1. The lowest BCUT2D eigenvalue weighted by Crippen LogP contribution is -2.15. The molecule has 3 rings (SSSR count). The highest BCUT2D eigenvalue weighted by atomic mass is 16.5. The molecule has 0 bridgehead atoms. The molecule has 0 aliphatic heterocycles. The van der Waals surface area contributed by atoms with Gasteiger partial charge in [0.1, 0.15) is 5.76 Å². The van der Waals surface area contributed by atoms with Crippen LogP contribution in [-0.4, -0.2) is 13.0 Å². The fraction of sp³-hybridized carbons (Fsp3) is 0.312. The van der Waals surface area contributed by atoms with E-state index in [0.29, 0.717) is 6.61 Å². The van der Waals surface area contributed by atoms with Crippen LogP contribution in [-0.2, 0) is 16.1 Å². The van der Waals surface area contributed by atoms with Crippen LogP contribution >= 0.6 is 0 Å². The maximum absolute atomic E-state index is 12.2. The molecule has 1 saturated carbocycles. The summed E-state index contributed by atoms with van der Waals surface area (Å²) in [5.74, 6) is 1.18. The largest absolute Gasteiger partial charge is 0.469 e. The number of hydrogen-bond acceptors (Lipinski definition) is 3. The van der Waals surface area contributed by atoms with Gasteiger partial charge in [0.05, 0.1) is 12.9 Å². The number of ether oxygens (including phenoxy) is 1. The Morgan fingerprint density at radius 3 is 2.95 bits per heavy atom.